The van der Waals surface area contributed by atoms with Crippen LogP contribution in [0.1, 0.15) is 18.1 Å². The van der Waals surface area contributed by atoms with Crippen LogP contribution in [0.25, 0.3) is 0 Å². The lowest BCUT2D eigenvalue weighted by Gasteiger charge is -2.13. The topological polar surface area (TPSA) is 84.3 Å². The molecule has 2 rings (SSSR count). The number of nitro groups is 1. The van der Waals surface area contributed by atoms with Gasteiger partial charge in [-0.3, -0.25) is 14.9 Å². The van der Waals surface area contributed by atoms with E-state index in [4.69, 9.17) is 0 Å². The predicted octanol–water partition coefficient (Wildman–Crippen LogP) is 3.66. The van der Waals surface area contributed by atoms with E-state index < -0.39 is 16.4 Å². The van der Waals surface area contributed by atoms with Crippen molar-refractivity contribution in [1.82, 2.24) is 0 Å². The van der Waals surface area contributed by atoms with Crippen molar-refractivity contribution in [3.63, 3.8) is 0 Å². The fourth-order valence-corrected chi connectivity index (χ4v) is 2.33. The highest BCUT2D eigenvalue weighted by atomic mass is 19.1. The van der Waals surface area contributed by atoms with Gasteiger partial charge in [-0.1, -0.05) is 25.1 Å². The first-order chi connectivity index (χ1) is 11.4. The molecule has 7 heteroatoms. The monoisotopic (exact) mass is 331 g/mol. The van der Waals surface area contributed by atoms with E-state index in [1.54, 1.807) is 0 Å². The molecule has 0 aliphatic rings. The van der Waals surface area contributed by atoms with Gasteiger partial charge in [0.2, 0.25) is 11.7 Å². The first-order valence-corrected chi connectivity index (χ1v) is 7.48. The zero-order chi connectivity index (χ0) is 17.7. The summed E-state index contributed by atoms with van der Waals surface area (Å²) in [6.07, 6.45) is 0.787. The third kappa shape index (κ3) is 4.07. The van der Waals surface area contributed by atoms with Crippen molar-refractivity contribution >= 4 is 23.0 Å². The Morgan fingerprint density at radius 2 is 2.04 bits per heavy atom. The number of benzene rings is 2. The van der Waals surface area contributed by atoms with Gasteiger partial charge in [0.25, 0.3) is 0 Å². The van der Waals surface area contributed by atoms with Crippen molar-refractivity contribution < 1.29 is 14.1 Å². The minimum atomic E-state index is -0.914. The lowest BCUT2D eigenvalue weighted by atomic mass is 10.1. The van der Waals surface area contributed by atoms with Gasteiger partial charge < -0.3 is 10.6 Å². The van der Waals surface area contributed by atoms with E-state index in [9.17, 15) is 19.3 Å². The number of nitrogens with one attached hydrogen (secondary N) is 2. The number of rotatable bonds is 6. The molecule has 6 nitrogen and oxygen atoms in total. The molecule has 0 saturated heterocycles. The normalized spacial score (nSPS) is 10.3. The van der Waals surface area contributed by atoms with E-state index in [-0.39, 0.29) is 12.5 Å². The van der Waals surface area contributed by atoms with Crippen molar-refractivity contribution in [2.75, 3.05) is 17.2 Å². The van der Waals surface area contributed by atoms with Crippen molar-refractivity contribution in [1.29, 1.82) is 0 Å². The SMILES string of the molecule is CCc1cccc(C)c1NC(=O)CNc1ccc(F)c([N+](=O)[O-])c1. The van der Waals surface area contributed by atoms with Gasteiger partial charge in [0.05, 0.1) is 11.5 Å². The van der Waals surface area contributed by atoms with E-state index in [1.165, 1.54) is 6.07 Å². The van der Waals surface area contributed by atoms with E-state index in [0.29, 0.717) is 5.69 Å². The summed E-state index contributed by atoms with van der Waals surface area (Å²) in [4.78, 5) is 22.0. The number of carbonyl (C=O) groups excluding carboxylic acids is 1. The predicted molar refractivity (Wildman–Crippen MR) is 90.7 cm³/mol. The van der Waals surface area contributed by atoms with E-state index in [2.05, 4.69) is 10.6 Å². The second kappa shape index (κ2) is 7.54. The summed E-state index contributed by atoms with van der Waals surface area (Å²) in [5.74, 6) is -1.20. The van der Waals surface area contributed by atoms with Gasteiger partial charge in [-0.2, -0.15) is 4.39 Å². The van der Waals surface area contributed by atoms with E-state index in [0.717, 1.165) is 35.4 Å². The number of amides is 1. The average Bonchev–Trinajstić information content (AvgIpc) is 2.55. The molecule has 0 heterocycles. The largest absolute Gasteiger partial charge is 0.376 e. The third-order valence-corrected chi connectivity index (χ3v) is 3.60. The van der Waals surface area contributed by atoms with Crippen LogP contribution in [0, 0.1) is 22.9 Å². The number of nitro benzene ring substituents is 1. The average molecular weight is 331 g/mol. The Kier molecular flexibility index (Phi) is 5.47. The number of hydrogen-bond acceptors (Lipinski definition) is 4. The standard InChI is InChI=1S/C17H18FN3O3/c1-3-12-6-4-5-11(2)17(12)20-16(22)10-19-13-7-8-14(18)15(9-13)21(23)24/h4-9,19H,3,10H2,1-2H3,(H,20,22). The molecule has 1 amide bonds. The van der Waals surface area contributed by atoms with Crippen LogP contribution in [0.3, 0.4) is 0 Å². The van der Waals surface area contributed by atoms with Crippen LogP contribution in [-0.4, -0.2) is 17.4 Å². The molecule has 0 saturated carbocycles. The lowest BCUT2D eigenvalue weighted by Crippen LogP contribution is -2.23. The minimum absolute atomic E-state index is 0.0831. The van der Waals surface area contributed by atoms with Gasteiger partial charge in [0.15, 0.2) is 0 Å². The molecule has 0 aliphatic carbocycles. The first-order valence-electron chi connectivity index (χ1n) is 7.48. The maximum Gasteiger partial charge on any atom is 0.306 e. The van der Waals surface area contributed by atoms with Crippen LogP contribution in [0.15, 0.2) is 36.4 Å². The van der Waals surface area contributed by atoms with E-state index >= 15 is 0 Å². The smallest absolute Gasteiger partial charge is 0.306 e. The second-order valence-corrected chi connectivity index (χ2v) is 5.29. The Balaban J connectivity index is 2.04. The van der Waals surface area contributed by atoms with Gasteiger partial charge in [-0.25, -0.2) is 0 Å². The summed E-state index contributed by atoms with van der Waals surface area (Å²) in [6, 6.07) is 9.19. The highest BCUT2D eigenvalue weighted by Crippen LogP contribution is 2.22. The molecule has 0 atom stereocenters. The Hall–Kier alpha value is -2.96. The quantitative estimate of drug-likeness (QED) is 0.625. The molecule has 24 heavy (non-hydrogen) atoms. The Labute approximate surface area is 138 Å². The molecule has 0 aliphatic heterocycles. The fourth-order valence-electron chi connectivity index (χ4n) is 2.33. The molecule has 0 spiro atoms. The van der Waals surface area contributed by atoms with Crippen LogP contribution in [0.2, 0.25) is 0 Å². The summed E-state index contributed by atoms with van der Waals surface area (Å²) < 4.78 is 13.3. The molecule has 126 valence electrons. The van der Waals surface area contributed by atoms with Crippen molar-refractivity contribution in [2.24, 2.45) is 0 Å². The van der Waals surface area contributed by atoms with E-state index in [1.807, 2.05) is 32.0 Å². The molecule has 0 unspecified atom stereocenters. The molecular formula is C17H18FN3O3. The highest BCUT2D eigenvalue weighted by Gasteiger charge is 2.15. The Bertz CT molecular complexity index is 778. The van der Waals surface area contributed by atoms with Gasteiger partial charge in [-0.15, -0.1) is 0 Å². The molecule has 2 aromatic carbocycles. The first kappa shape index (κ1) is 17.4. The summed E-state index contributed by atoms with van der Waals surface area (Å²) in [7, 11) is 0. The van der Waals surface area contributed by atoms with Crippen molar-refractivity contribution in [3.05, 3.63) is 63.5 Å². The van der Waals surface area contributed by atoms with Crippen molar-refractivity contribution in [3.8, 4) is 0 Å². The highest BCUT2D eigenvalue weighted by molar-refractivity contribution is 5.95. The molecule has 2 aromatic rings. The maximum atomic E-state index is 13.3. The van der Waals surface area contributed by atoms with Crippen LogP contribution >= 0.6 is 0 Å². The van der Waals surface area contributed by atoms with Crippen molar-refractivity contribution in [2.45, 2.75) is 20.3 Å². The van der Waals surface area contributed by atoms with Crippen LogP contribution in [0.5, 0.6) is 0 Å². The van der Waals surface area contributed by atoms with Crippen LogP contribution in [0.4, 0.5) is 21.5 Å². The molecule has 0 bridgehead atoms. The summed E-state index contributed by atoms with van der Waals surface area (Å²) in [6.45, 7) is 3.83. The van der Waals surface area contributed by atoms with Crippen LogP contribution in [-0.2, 0) is 11.2 Å². The van der Waals surface area contributed by atoms with Crippen LogP contribution < -0.4 is 10.6 Å². The maximum absolute atomic E-state index is 13.3. The third-order valence-electron chi connectivity index (χ3n) is 3.60. The zero-order valence-electron chi connectivity index (χ0n) is 13.4. The van der Waals surface area contributed by atoms with Gasteiger partial charge >= 0.3 is 5.69 Å². The lowest BCUT2D eigenvalue weighted by molar-refractivity contribution is -0.387. The Morgan fingerprint density at radius 1 is 1.29 bits per heavy atom. The summed E-state index contributed by atoms with van der Waals surface area (Å²) in [5, 5.41) is 16.3. The minimum Gasteiger partial charge on any atom is -0.376 e. The van der Waals surface area contributed by atoms with Gasteiger partial charge in [-0.05, 0) is 36.6 Å². The van der Waals surface area contributed by atoms with Gasteiger partial charge in [0, 0.05) is 17.4 Å². The molecule has 0 fully saturated rings. The second-order valence-electron chi connectivity index (χ2n) is 5.29. The zero-order valence-corrected chi connectivity index (χ0v) is 13.4. The molecule has 2 N–H and O–H groups in total. The fraction of sp³-hybridized carbons (Fsp3) is 0.235. The summed E-state index contributed by atoms with van der Waals surface area (Å²) in [5.41, 5.74) is 2.43. The summed E-state index contributed by atoms with van der Waals surface area (Å²) >= 11 is 0. The molecule has 0 radical (unpaired) electrons. The molecular weight excluding hydrogens is 313 g/mol. The number of para-hydroxylation sites is 1. The van der Waals surface area contributed by atoms with Gasteiger partial charge in [0.1, 0.15) is 0 Å². The number of halogens is 1. The molecule has 0 aromatic heterocycles. The number of carbonyl (C=O) groups is 1. The number of nitrogens with zero attached hydrogens (tertiary/aromatic N) is 1. The Morgan fingerprint density at radius 3 is 2.71 bits per heavy atom. The number of anilines is 2. The number of aryl methyl sites for hydroxylation is 2. The number of hydrogen-bond donors (Lipinski definition) is 2.